The molecule has 0 spiro atoms. The lowest BCUT2D eigenvalue weighted by Crippen LogP contribution is -2.14. The predicted octanol–water partition coefficient (Wildman–Crippen LogP) is 2.00. The van der Waals surface area contributed by atoms with Gasteiger partial charge in [-0.15, -0.1) is 0 Å². The summed E-state index contributed by atoms with van der Waals surface area (Å²) in [6.45, 7) is 6.70. The van der Waals surface area contributed by atoms with Gasteiger partial charge in [-0.3, -0.25) is 0 Å². The predicted molar refractivity (Wildman–Crippen MR) is 71.5 cm³/mol. The molecule has 3 rings (SSSR count). The molecule has 98 valence electrons. The molecule has 0 amide bonds. The van der Waals surface area contributed by atoms with E-state index in [4.69, 9.17) is 15.2 Å². The molecule has 2 aliphatic rings. The lowest BCUT2D eigenvalue weighted by Gasteiger charge is -2.18. The molecule has 3 nitrogen and oxygen atoms in total. The first-order valence-electron chi connectivity index (χ1n) is 6.85. The highest BCUT2D eigenvalue weighted by Crippen LogP contribution is 2.44. The van der Waals surface area contributed by atoms with E-state index in [9.17, 15) is 0 Å². The van der Waals surface area contributed by atoms with Gasteiger partial charge in [0.1, 0.15) is 11.5 Å². The van der Waals surface area contributed by atoms with Crippen LogP contribution in [0, 0.1) is 12.8 Å². The maximum atomic E-state index is 5.88. The molecule has 1 aromatic carbocycles. The third kappa shape index (κ3) is 1.69. The normalized spacial score (nSPS) is 17.9. The van der Waals surface area contributed by atoms with Crippen LogP contribution in [-0.4, -0.2) is 19.8 Å². The average molecular weight is 247 g/mol. The van der Waals surface area contributed by atoms with Crippen molar-refractivity contribution >= 4 is 0 Å². The first-order valence-corrected chi connectivity index (χ1v) is 6.85. The molecule has 0 saturated heterocycles. The minimum absolute atomic E-state index is 0.491. The standard InChI is InChI=1S/C15H21NO2/c1-9(8-16)7-13-12-4-6-17-14(12)10(2)11-3-5-18-15(11)13/h9H,3-8,16H2,1-2H3. The fourth-order valence-electron chi connectivity index (χ4n) is 3.08. The summed E-state index contributed by atoms with van der Waals surface area (Å²) < 4.78 is 11.7. The van der Waals surface area contributed by atoms with Crippen LogP contribution >= 0.6 is 0 Å². The Kier molecular flexibility index (Phi) is 2.94. The Hall–Kier alpha value is -1.22. The van der Waals surface area contributed by atoms with Crippen LogP contribution in [0.3, 0.4) is 0 Å². The average Bonchev–Trinajstić information content (AvgIpc) is 3.02. The SMILES string of the molecule is Cc1c2c(c(CC(C)CN)c3c1OCC3)OCC2. The highest BCUT2D eigenvalue weighted by molar-refractivity contribution is 5.61. The van der Waals surface area contributed by atoms with Crippen LogP contribution in [0.15, 0.2) is 0 Å². The van der Waals surface area contributed by atoms with Crippen molar-refractivity contribution in [3.63, 3.8) is 0 Å². The van der Waals surface area contributed by atoms with E-state index in [1.165, 1.54) is 22.3 Å². The zero-order valence-electron chi connectivity index (χ0n) is 11.2. The molecule has 0 aromatic heterocycles. The maximum absolute atomic E-state index is 5.88. The molecule has 1 aromatic rings. The summed E-state index contributed by atoms with van der Waals surface area (Å²) in [6, 6.07) is 0. The molecular weight excluding hydrogens is 226 g/mol. The van der Waals surface area contributed by atoms with E-state index in [1.54, 1.807) is 0 Å². The molecule has 2 aliphatic heterocycles. The largest absolute Gasteiger partial charge is 0.493 e. The zero-order valence-corrected chi connectivity index (χ0v) is 11.2. The van der Waals surface area contributed by atoms with E-state index in [0.717, 1.165) is 50.5 Å². The van der Waals surface area contributed by atoms with Crippen molar-refractivity contribution in [2.24, 2.45) is 11.7 Å². The first-order chi connectivity index (χ1) is 8.72. The van der Waals surface area contributed by atoms with Crippen molar-refractivity contribution < 1.29 is 9.47 Å². The number of hydrogen-bond acceptors (Lipinski definition) is 3. The highest BCUT2D eigenvalue weighted by Gasteiger charge is 2.29. The van der Waals surface area contributed by atoms with Gasteiger partial charge in [-0.1, -0.05) is 6.92 Å². The second kappa shape index (κ2) is 4.47. The molecule has 3 heteroatoms. The van der Waals surface area contributed by atoms with E-state index >= 15 is 0 Å². The lowest BCUT2D eigenvalue weighted by atomic mass is 9.90. The number of benzene rings is 1. The quantitative estimate of drug-likeness (QED) is 0.888. The van der Waals surface area contributed by atoms with Crippen molar-refractivity contribution in [3.05, 3.63) is 22.3 Å². The van der Waals surface area contributed by atoms with Crippen molar-refractivity contribution in [3.8, 4) is 11.5 Å². The second-order valence-corrected chi connectivity index (χ2v) is 5.46. The van der Waals surface area contributed by atoms with Gasteiger partial charge in [0.2, 0.25) is 0 Å². The topological polar surface area (TPSA) is 44.5 Å². The van der Waals surface area contributed by atoms with Crippen LogP contribution in [0.2, 0.25) is 0 Å². The van der Waals surface area contributed by atoms with E-state index < -0.39 is 0 Å². The number of fused-ring (bicyclic) bond motifs is 2. The molecule has 2 heterocycles. The Labute approximate surface area is 108 Å². The van der Waals surface area contributed by atoms with Crippen molar-refractivity contribution in [2.45, 2.75) is 33.1 Å². The van der Waals surface area contributed by atoms with Gasteiger partial charge in [0, 0.05) is 29.5 Å². The Morgan fingerprint density at radius 1 is 1.11 bits per heavy atom. The monoisotopic (exact) mass is 247 g/mol. The van der Waals surface area contributed by atoms with E-state index in [0.29, 0.717) is 5.92 Å². The van der Waals surface area contributed by atoms with Gasteiger partial charge in [0.25, 0.3) is 0 Å². The minimum atomic E-state index is 0.491. The third-order valence-corrected chi connectivity index (χ3v) is 4.13. The number of ether oxygens (including phenoxy) is 2. The molecule has 0 bridgehead atoms. The van der Waals surface area contributed by atoms with Crippen LogP contribution in [-0.2, 0) is 19.3 Å². The Bertz CT molecular complexity index is 447. The van der Waals surface area contributed by atoms with Gasteiger partial charge in [-0.25, -0.2) is 0 Å². The van der Waals surface area contributed by atoms with E-state index in [1.807, 2.05) is 0 Å². The molecule has 0 radical (unpaired) electrons. The molecule has 2 N–H and O–H groups in total. The van der Waals surface area contributed by atoms with Crippen molar-refractivity contribution in [2.75, 3.05) is 19.8 Å². The number of hydrogen-bond donors (Lipinski definition) is 1. The first kappa shape index (κ1) is 11.8. The Balaban J connectivity index is 2.12. The van der Waals surface area contributed by atoms with Gasteiger partial charge >= 0.3 is 0 Å². The zero-order chi connectivity index (χ0) is 12.7. The summed E-state index contributed by atoms with van der Waals surface area (Å²) >= 11 is 0. The van der Waals surface area contributed by atoms with Crippen molar-refractivity contribution in [1.82, 2.24) is 0 Å². The van der Waals surface area contributed by atoms with Crippen LogP contribution < -0.4 is 15.2 Å². The molecule has 18 heavy (non-hydrogen) atoms. The second-order valence-electron chi connectivity index (χ2n) is 5.46. The summed E-state index contributed by atoms with van der Waals surface area (Å²) in [4.78, 5) is 0. The Morgan fingerprint density at radius 3 is 2.50 bits per heavy atom. The molecule has 0 fully saturated rings. The van der Waals surface area contributed by atoms with Gasteiger partial charge < -0.3 is 15.2 Å². The van der Waals surface area contributed by atoms with Crippen LogP contribution in [0.5, 0.6) is 11.5 Å². The fraction of sp³-hybridized carbons (Fsp3) is 0.600. The molecular formula is C15H21NO2. The van der Waals surface area contributed by atoms with Crippen LogP contribution in [0.1, 0.15) is 29.2 Å². The number of rotatable bonds is 3. The van der Waals surface area contributed by atoms with Gasteiger partial charge in [0.15, 0.2) is 0 Å². The minimum Gasteiger partial charge on any atom is -0.493 e. The molecule has 0 saturated carbocycles. The molecule has 1 atom stereocenters. The molecule has 1 unspecified atom stereocenters. The Morgan fingerprint density at radius 2 is 1.78 bits per heavy atom. The van der Waals surface area contributed by atoms with Gasteiger partial charge in [-0.05, 0) is 31.4 Å². The third-order valence-electron chi connectivity index (χ3n) is 4.13. The van der Waals surface area contributed by atoms with Crippen LogP contribution in [0.4, 0.5) is 0 Å². The van der Waals surface area contributed by atoms with Gasteiger partial charge in [-0.2, -0.15) is 0 Å². The summed E-state index contributed by atoms with van der Waals surface area (Å²) in [5, 5.41) is 0. The summed E-state index contributed by atoms with van der Waals surface area (Å²) in [7, 11) is 0. The smallest absolute Gasteiger partial charge is 0.126 e. The summed E-state index contributed by atoms with van der Waals surface area (Å²) in [6.07, 6.45) is 3.03. The van der Waals surface area contributed by atoms with Crippen molar-refractivity contribution in [1.29, 1.82) is 0 Å². The number of nitrogens with two attached hydrogens (primary N) is 1. The maximum Gasteiger partial charge on any atom is 0.126 e. The summed E-state index contributed by atoms with van der Waals surface area (Å²) in [5.41, 5.74) is 11.1. The highest BCUT2D eigenvalue weighted by atomic mass is 16.5. The summed E-state index contributed by atoms with van der Waals surface area (Å²) in [5.74, 6) is 2.75. The van der Waals surface area contributed by atoms with E-state index in [-0.39, 0.29) is 0 Å². The van der Waals surface area contributed by atoms with Gasteiger partial charge in [0.05, 0.1) is 13.2 Å². The fourth-order valence-corrected chi connectivity index (χ4v) is 3.08. The van der Waals surface area contributed by atoms with Crippen LogP contribution in [0.25, 0.3) is 0 Å². The molecule has 0 aliphatic carbocycles. The lowest BCUT2D eigenvalue weighted by molar-refractivity contribution is 0.351. The van der Waals surface area contributed by atoms with E-state index in [2.05, 4.69) is 13.8 Å².